The highest BCUT2D eigenvalue weighted by molar-refractivity contribution is 6.31. The molecule has 3 aromatic rings. The molecule has 174 valence electrons. The van der Waals surface area contributed by atoms with E-state index in [1.54, 1.807) is 25.3 Å². The van der Waals surface area contributed by atoms with Crippen LogP contribution in [-0.4, -0.2) is 31.4 Å². The highest BCUT2D eigenvalue weighted by Crippen LogP contribution is 2.32. The quantitative estimate of drug-likeness (QED) is 0.535. The van der Waals surface area contributed by atoms with Gasteiger partial charge in [-0.25, -0.2) is 9.97 Å². The summed E-state index contributed by atoms with van der Waals surface area (Å²) in [4.78, 5) is 33.0. The molecule has 0 bridgehead atoms. The average molecular weight is 480 g/mol. The van der Waals surface area contributed by atoms with Gasteiger partial charge < -0.3 is 5.32 Å². The Labute approximate surface area is 193 Å². The number of ketones is 1. The lowest BCUT2D eigenvalue weighted by atomic mass is 10.0. The Bertz CT molecular complexity index is 1160. The molecule has 11 heteroatoms. The maximum Gasteiger partial charge on any atom is 0.416 e. The number of Topliss-reactive ketones (excluding diaryl/α,β-unsaturated/α-hetero) is 1. The van der Waals surface area contributed by atoms with Gasteiger partial charge in [-0.15, -0.1) is 0 Å². The SMILES string of the molecule is CC(C)C(=O)Cc1ccc(-n2ncnc2[C@H](C)NC(=O)c2cc(Cl)cc(C(F)(F)F)c2)nc1. The van der Waals surface area contributed by atoms with Gasteiger partial charge in [0.25, 0.3) is 5.91 Å². The van der Waals surface area contributed by atoms with E-state index in [0.717, 1.165) is 23.8 Å². The maximum absolute atomic E-state index is 13.0. The monoisotopic (exact) mass is 479 g/mol. The van der Waals surface area contributed by atoms with Crippen molar-refractivity contribution in [2.45, 2.75) is 39.4 Å². The number of pyridine rings is 1. The van der Waals surface area contributed by atoms with Crippen LogP contribution >= 0.6 is 11.6 Å². The topological polar surface area (TPSA) is 89.8 Å². The summed E-state index contributed by atoms with van der Waals surface area (Å²) in [5.74, 6) is -0.00766. The number of nitrogens with zero attached hydrogens (tertiary/aromatic N) is 4. The standard InChI is InChI=1S/C22H21ClF3N5O2/c1-12(2)18(32)6-14-4-5-19(27-10-14)31-20(28-11-29-31)13(3)30-21(33)15-7-16(22(24,25)26)9-17(23)8-15/h4-5,7-13H,6H2,1-3H3,(H,30,33)/t13-/m0/s1. The van der Waals surface area contributed by atoms with E-state index in [-0.39, 0.29) is 28.7 Å². The van der Waals surface area contributed by atoms with Crippen LogP contribution in [0.4, 0.5) is 13.2 Å². The maximum atomic E-state index is 13.0. The van der Waals surface area contributed by atoms with Crippen LogP contribution < -0.4 is 5.32 Å². The number of hydrogen-bond donors (Lipinski definition) is 1. The average Bonchev–Trinajstić information content (AvgIpc) is 3.23. The van der Waals surface area contributed by atoms with E-state index in [2.05, 4.69) is 20.4 Å². The Balaban J connectivity index is 1.78. The minimum absolute atomic E-state index is 0.0808. The van der Waals surface area contributed by atoms with E-state index in [0.29, 0.717) is 11.6 Å². The number of alkyl halides is 3. The molecule has 0 fully saturated rings. The molecule has 1 aromatic carbocycles. The molecular weight excluding hydrogens is 459 g/mol. The molecule has 0 radical (unpaired) electrons. The molecule has 1 atom stereocenters. The first-order valence-corrected chi connectivity index (χ1v) is 10.4. The number of hydrogen-bond acceptors (Lipinski definition) is 5. The minimum Gasteiger partial charge on any atom is -0.342 e. The Morgan fingerprint density at radius 3 is 2.45 bits per heavy atom. The predicted molar refractivity (Wildman–Crippen MR) is 115 cm³/mol. The van der Waals surface area contributed by atoms with Crippen molar-refractivity contribution in [1.82, 2.24) is 25.1 Å². The van der Waals surface area contributed by atoms with Crippen LogP contribution in [0.3, 0.4) is 0 Å². The first-order valence-electron chi connectivity index (χ1n) is 10.0. The van der Waals surface area contributed by atoms with Crippen molar-refractivity contribution in [3.8, 4) is 5.82 Å². The normalized spacial score (nSPS) is 12.6. The van der Waals surface area contributed by atoms with Gasteiger partial charge in [0.05, 0.1) is 11.6 Å². The molecular formula is C22H21ClF3N5O2. The van der Waals surface area contributed by atoms with Crippen molar-refractivity contribution < 1.29 is 22.8 Å². The molecule has 0 saturated heterocycles. The number of carbonyl (C=O) groups is 2. The summed E-state index contributed by atoms with van der Waals surface area (Å²) in [7, 11) is 0. The van der Waals surface area contributed by atoms with Crippen LogP contribution in [0, 0.1) is 5.92 Å². The van der Waals surface area contributed by atoms with Crippen molar-refractivity contribution >= 4 is 23.3 Å². The summed E-state index contributed by atoms with van der Waals surface area (Å²) in [6.45, 7) is 5.27. The molecule has 1 N–H and O–H groups in total. The second-order valence-corrected chi connectivity index (χ2v) is 8.21. The fourth-order valence-electron chi connectivity index (χ4n) is 3.00. The molecule has 0 spiro atoms. The number of carbonyl (C=O) groups excluding carboxylic acids is 2. The van der Waals surface area contributed by atoms with Crippen LogP contribution in [0.15, 0.2) is 42.9 Å². The Hall–Kier alpha value is -3.27. The van der Waals surface area contributed by atoms with Gasteiger partial charge in [0.15, 0.2) is 11.6 Å². The number of aromatic nitrogens is 4. The smallest absolute Gasteiger partial charge is 0.342 e. The lowest BCUT2D eigenvalue weighted by Crippen LogP contribution is -2.29. The Morgan fingerprint density at radius 1 is 1.12 bits per heavy atom. The molecule has 0 saturated carbocycles. The minimum atomic E-state index is -4.64. The highest BCUT2D eigenvalue weighted by atomic mass is 35.5. The summed E-state index contributed by atoms with van der Waals surface area (Å²) >= 11 is 5.77. The molecule has 2 heterocycles. The lowest BCUT2D eigenvalue weighted by molar-refractivity contribution is -0.137. The highest BCUT2D eigenvalue weighted by Gasteiger charge is 2.32. The van der Waals surface area contributed by atoms with E-state index in [1.807, 2.05) is 13.8 Å². The largest absolute Gasteiger partial charge is 0.416 e. The molecule has 0 aliphatic rings. The predicted octanol–water partition coefficient (Wildman–Crippen LogP) is 4.59. The van der Waals surface area contributed by atoms with Crippen molar-refractivity contribution in [2.75, 3.05) is 0 Å². The first-order chi connectivity index (χ1) is 15.5. The van der Waals surface area contributed by atoms with E-state index in [1.165, 1.54) is 11.0 Å². The van der Waals surface area contributed by atoms with Gasteiger partial charge >= 0.3 is 6.18 Å². The molecule has 7 nitrogen and oxygen atoms in total. The third-order valence-electron chi connectivity index (χ3n) is 4.84. The van der Waals surface area contributed by atoms with Crippen molar-refractivity contribution in [2.24, 2.45) is 5.92 Å². The molecule has 33 heavy (non-hydrogen) atoms. The third kappa shape index (κ3) is 5.95. The van der Waals surface area contributed by atoms with Gasteiger partial charge in [-0.2, -0.15) is 23.0 Å². The van der Waals surface area contributed by atoms with Crippen molar-refractivity contribution in [3.63, 3.8) is 0 Å². The molecule has 1 amide bonds. The fourth-order valence-corrected chi connectivity index (χ4v) is 3.24. The zero-order valence-electron chi connectivity index (χ0n) is 18.0. The summed E-state index contributed by atoms with van der Waals surface area (Å²) in [5.41, 5.74) is -0.497. The second-order valence-electron chi connectivity index (χ2n) is 7.77. The van der Waals surface area contributed by atoms with Gasteiger partial charge in [-0.1, -0.05) is 31.5 Å². The number of halogens is 4. The zero-order chi connectivity index (χ0) is 24.3. The summed E-state index contributed by atoms with van der Waals surface area (Å²) in [6.07, 6.45) is -1.53. The number of nitrogens with one attached hydrogen (secondary N) is 1. The van der Waals surface area contributed by atoms with Crippen LogP contribution in [-0.2, 0) is 17.4 Å². The fraction of sp³-hybridized carbons (Fsp3) is 0.318. The molecule has 0 aliphatic carbocycles. The molecule has 0 unspecified atom stereocenters. The molecule has 0 aliphatic heterocycles. The molecule has 2 aromatic heterocycles. The van der Waals surface area contributed by atoms with Gasteiger partial charge in [-0.3, -0.25) is 9.59 Å². The van der Waals surface area contributed by atoms with Gasteiger partial charge in [0.2, 0.25) is 0 Å². The van der Waals surface area contributed by atoms with Crippen molar-refractivity contribution in [3.05, 3.63) is 70.4 Å². The zero-order valence-corrected chi connectivity index (χ0v) is 18.8. The van der Waals surface area contributed by atoms with Crippen LogP contribution in [0.2, 0.25) is 5.02 Å². The van der Waals surface area contributed by atoms with Gasteiger partial charge in [0.1, 0.15) is 12.1 Å². The summed E-state index contributed by atoms with van der Waals surface area (Å²) in [5, 5.41) is 6.52. The number of rotatable bonds is 7. The summed E-state index contributed by atoms with van der Waals surface area (Å²) in [6, 6.07) is 5.35. The number of amides is 1. The Kier molecular flexibility index (Phi) is 7.16. The van der Waals surface area contributed by atoms with Gasteiger partial charge in [-0.05, 0) is 36.8 Å². The lowest BCUT2D eigenvalue weighted by Gasteiger charge is -2.15. The van der Waals surface area contributed by atoms with E-state index < -0.39 is 23.7 Å². The van der Waals surface area contributed by atoms with E-state index >= 15 is 0 Å². The van der Waals surface area contributed by atoms with Gasteiger partial charge in [0, 0.05) is 29.1 Å². The van der Waals surface area contributed by atoms with Crippen LogP contribution in [0.25, 0.3) is 5.82 Å². The number of benzene rings is 1. The second kappa shape index (κ2) is 9.70. The third-order valence-corrected chi connectivity index (χ3v) is 5.06. The van der Waals surface area contributed by atoms with E-state index in [9.17, 15) is 22.8 Å². The first kappa shape index (κ1) is 24.4. The van der Waals surface area contributed by atoms with Crippen LogP contribution in [0.1, 0.15) is 54.1 Å². The Morgan fingerprint density at radius 2 is 1.85 bits per heavy atom. The summed E-state index contributed by atoms with van der Waals surface area (Å²) < 4.78 is 40.5. The van der Waals surface area contributed by atoms with Crippen molar-refractivity contribution in [1.29, 1.82) is 0 Å². The van der Waals surface area contributed by atoms with Crippen LogP contribution in [0.5, 0.6) is 0 Å². The van der Waals surface area contributed by atoms with E-state index in [4.69, 9.17) is 11.6 Å². The molecule has 3 rings (SSSR count).